The lowest BCUT2D eigenvalue weighted by atomic mass is 10.1. The van der Waals surface area contributed by atoms with Crippen LogP contribution in [0.1, 0.15) is 11.6 Å². The molecule has 0 aliphatic carbocycles. The van der Waals surface area contributed by atoms with Gasteiger partial charge in [-0.3, -0.25) is 0 Å². The minimum atomic E-state index is -0.523. The maximum Gasteiger partial charge on any atom is 0.131 e. The number of nitrogens with two attached hydrogens (primary N) is 1. The lowest BCUT2D eigenvalue weighted by Crippen LogP contribution is -2.08. The molecular formula is C9H11ClFNO. The van der Waals surface area contributed by atoms with Crippen LogP contribution in [0, 0.1) is 5.82 Å². The molecule has 72 valence electrons. The Morgan fingerprint density at radius 1 is 1.54 bits per heavy atom. The quantitative estimate of drug-likeness (QED) is 0.724. The molecule has 0 unspecified atom stereocenters. The average molecular weight is 204 g/mol. The molecule has 0 spiro atoms. The summed E-state index contributed by atoms with van der Waals surface area (Å²) in [6.45, 7) is 3.45. The fourth-order valence-corrected chi connectivity index (χ4v) is 0.913. The number of hydrogen-bond donors (Lipinski definition) is 2. The Morgan fingerprint density at radius 3 is 2.62 bits per heavy atom. The van der Waals surface area contributed by atoms with E-state index in [-0.39, 0.29) is 18.2 Å². The Hall–Kier alpha value is -1.06. The standard InChI is InChI=1S/C9H10FNO.ClH/c1-2-9(11)7-4-3-6(12)5-8(7)10;/h2-5,9,12H,1,11H2;1H/t9-;/m1./s1. The van der Waals surface area contributed by atoms with Crippen LogP contribution < -0.4 is 5.73 Å². The van der Waals surface area contributed by atoms with Gasteiger partial charge in [0.2, 0.25) is 0 Å². The van der Waals surface area contributed by atoms with E-state index in [0.717, 1.165) is 6.07 Å². The molecule has 0 aliphatic rings. The number of rotatable bonds is 2. The summed E-state index contributed by atoms with van der Waals surface area (Å²) in [6.07, 6.45) is 1.44. The molecule has 13 heavy (non-hydrogen) atoms. The summed E-state index contributed by atoms with van der Waals surface area (Å²) in [7, 11) is 0. The highest BCUT2D eigenvalue weighted by molar-refractivity contribution is 5.85. The molecule has 1 atom stereocenters. The zero-order chi connectivity index (χ0) is 9.14. The Bertz CT molecular complexity index is 304. The van der Waals surface area contributed by atoms with E-state index >= 15 is 0 Å². The van der Waals surface area contributed by atoms with Crippen LogP contribution in [0.4, 0.5) is 4.39 Å². The summed E-state index contributed by atoms with van der Waals surface area (Å²) in [4.78, 5) is 0. The van der Waals surface area contributed by atoms with Gasteiger partial charge < -0.3 is 10.8 Å². The molecule has 0 radical (unpaired) electrons. The first-order chi connectivity index (χ1) is 5.65. The molecule has 4 heteroatoms. The zero-order valence-electron chi connectivity index (χ0n) is 6.90. The van der Waals surface area contributed by atoms with Crippen LogP contribution >= 0.6 is 12.4 Å². The van der Waals surface area contributed by atoms with Crippen molar-refractivity contribution in [3.05, 3.63) is 42.2 Å². The lowest BCUT2D eigenvalue weighted by molar-refractivity contribution is 0.467. The van der Waals surface area contributed by atoms with E-state index in [1.165, 1.54) is 18.2 Å². The summed E-state index contributed by atoms with van der Waals surface area (Å²) >= 11 is 0. The smallest absolute Gasteiger partial charge is 0.131 e. The molecule has 3 N–H and O–H groups in total. The third-order valence-electron chi connectivity index (χ3n) is 1.60. The lowest BCUT2D eigenvalue weighted by Gasteiger charge is -2.07. The van der Waals surface area contributed by atoms with Crippen molar-refractivity contribution < 1.29 is 9.50 Å². The first-order valence-corrected chi connectivity index (χ1v) is 3.51. The normalized spacial score (nSPS) is 11.5. The van der Waals surface area contributed by atoms with E-state index in [9.17, 15) is 4.39 Å². The van der Waals surface area contributed by atoms with Crippen LogP contribution in [0.3, 0.4) is 0 Å². The minimum Gasteiger partial charge on any atom is -0.508 e. The highest BCUT2D eigenvalue weighted by Gasteiger charge is 2.07. The van der Waals surface area contributed by atoms with Gasteiger partial charge in [0.05, 0.1) is 6.04 Å². The molecule has 0 fully saturated rings. The van der Waals surface area contributed by atoms with E-state index in [1.807, 2.05) is 0 Å². The Balaban J connectivity index is 0.00000144. The first kappa shape index (κ1) is 11.9. The second kappa shape index (κ2) is 4.84. The highest BCUT2D eigenvalue weighted by Crippen LogP contribution is 2.19. The van der Waals surface area contributed by atoms with Crippen molar-refractivity contribution in [2.45, 2.75) is 6.04 Å². The fraction of sp³-hybridized carbons (Fsp3) is 0.111. The summed E-state index contributed by atoms with van der Waals surface area (Å²) in [5.41, 5.74) is 5.84. The van der Waals surface area contributed by atoms with Crippen molar-refractivity contribution in [2.24, 2.45) is 5.73 Å². The molecule has 0 saturated heterocycles. The molecule has 0 heterocycles. The van der Waals surface area contributed by atoms with E-state index in [0.29, 0.717) is 5.56 Å². The van der Waals surface area contributed by atoms with E-state index in [1.54, 1.807) is 0 Å². The van der Waals surface area contributed by atoms with Gasteiger partial charge in [-0.2, -0.15) is 0 Å². The van der Waals surface area contributed by atoms with Gasteiger partial charge in [-0.25, -0.2) is 4.39 Å². The van der Waals surface area contributed by atoms with E-state index < -0.39 is 11.9 Å². The number of halogens is 2. The van der Waals surface area contributed by atoms with Crippen molar-refractivity contribution in [3.63, 3.8) is 0 Å². The second-order valence-corrected chi connectivity index (χ2v) is 2.47. The Labute approximate surface area is 82.3 Å². The van der Waals surface area contributed by atoms with Gasteiger partial charge in [-0.1, -0.05) is 12.1 Å². The predicted octanol–water partition coefficient (Wildman–Crippen LogP) is 2.14. The fourth-order valence-electron chi connectivity index (χ4n) is 0.913. The van der Waals surface area contributed by atoms with Crippen LogP contribution in [0.2, 0.25) is 0 Å². The first-order valence-electron chi connectivity index (χ1n) is 3.51. The number of hydrogen-bond acceptors (Lipinski definition) is 2. The second-order valence-electron chi connectivity index (χ2n) is 2.47. The van der Waals surface area contributed by atoms with Gasteiger partial charge in [-0.05, 0) is 6.07 Å². The number of phenols is 1. The molecule has 1 rings (SSSR count). The molecule has 0 aliphatic heterocycles. The molecule has 0 bridgehead atoms. The summed E-state index contributed by atoms with van der Waals surface area (Å²) in [6, 6.07) is 3.34. The Kier molecular flexibility index (Phi) is 4.45. The minimum absolute atomic E-state index is 0. The monoisotopic (exact) mass is 203 g/mol. The Morgan fingerprint density at radius 2 is 2.15 bits per heavy atom. The number of benzene rings is 1. The topological polar surface area (TPSA) is 46.2 Å². The maximum atomic E-state index is 13.0. The van der Waals surface area contributed by atoms with Gasteiger partial charge in [-0.15, -0.1) is 19.0 Å². The van der Waals surface area contributed by atoms with Crippen LogP contribution in [-0.2, 0) is 0 Å². The van der Waals surface area contributed by atoms with E-state index in [4.69, 9.17) is 10.8 Å². The maximum absolute atomic E-state index is 13.0. The zero-order valence-corrected chi connectivity index (χ0v) is 7.72. The van der Waals surface area contributed by atoms with Gasteiger partial charge in [0.15, 0.2) is 0 Å². The largest absolute Gasteiger partial charge is 0.508 e. The summed E-state index contributed by atoms with van der Waals surface area (Å²) < 4.78 is 13.0. The van der Waals surface area contributed by atoms with Gasteiger partial charge in [0, 0.05) is 11.6 Å². The predicted molar refractivity (Wildman–Crippen MR) is 52.4 cm³/mol. The van der Waals surface area contributed by atoms with Gasteiger partial charge in [0.1, 0.15) is 11.6 Å². The SMILES string of the molecule is C=C[C@@H](N)c1ccc(O)cc1F.Cl. The summed E-state index contributed by atoms with van der Waals surface area (Å²) in [5, 5.41) is 8.89. The van der Waals surface area contributed by atoms with Crippen molar-refractivity contribution in [3.8, 4) is 5.75 Å². The number of aromatic hydroxyl groups is 1. The highest BCUT2D eigenvalue weighted by atomic mass is 35.5. The molecule has 0 saturated carbocycles. The average Bonchev–Trinajstić information content (AvgIpc) is 2.03. The molecule has 0 amide bonds. The van der Waals surface area contributed by atoms with Gasteiger partial charge >= 0.3 is 0 Å². The molecule has 1 aromatic rings. The van der Waals surface area contributed by atoms with Crippen molar-refractivity contribution in [1.29, 1.82) is 0 Å². The van der Waals surface area contributed by atoms with Crippen molar-refractivity contribution in [2.75, 3.05) is 0 Å². The molecule has 0 aromatic heterocycles. The van der Waals surface area contributed by atoms with Crippen LogP contribution in [0.15, 0.2) is 30.9 Å². The van der Waals surface area contributed by atoms with E-state index in [2.05, 4.69) is 6.58 Å². The van der Waals surface area contributed by atoms with Crippen LogP contribution in [-0.4, -0.2) is 5.11 Å². The number of phenolic OH excluding ortho intramolecular Hbond substituents is 1. The molecular weight excluding hydrogens is 193 g/mol. The molecule has 1 aromatic carbocycles. The van der Waals surface area contributed by atoms with Crippen LogP contribution in [0.25, 0.3) is 0 Å². The van der Waals surface area contributed by atoms with Crippen LogP contribution in [0.5, 0.6) is 5.75 Å². The summed E-state index contributed by atoms with van der Waals surface area (Å²) in [5.74, 6) is -0.616. The molecule has 2 nitrogen and oxygen atoms in total. The van der Waals surface area contributed by atoms with Gasteiger partial charge in [0.25, 0.3) is 0 Å². The third kappa shape index (κ3) is 2.72. The van der Waals surface area contributed by atoms with Crippen molar-refractivity contribution >= 4 is 12.4 Å². The van der Waals surface area contributed by atoms with Crippen molar-refractivity contribution in [1.82, 2.24) is 0 Å². The third-order valence-corrected chi connectivity index (χ3v) is 1.60.